The average molecular weight is 338 g/mol. The number of rotatable bonds is 2. The molecule has 7 heteroatoms. The summed E-state index contributed by atoms with van der Waals surface area (Å²) in [5, 5.41) is -0.300. The molecule has 0 aliphatic rings. The molecule has 0 unspecified atom stereocenters. The fraction of sp³-hybridized carbons (Fsp3) is 0.308. The van der Waals surface area contributed by atoms with E-state index in [-0.39, 0.29) is 10.9 Å². The van der Waals surface area contributed by atoms with E-state index < -0.39 is 11.7 Å². The highest BCUT2D eigenvalue weighted by Crippen LogP contribution is 2.40. The highest BCUT2D eigenvalue weighted by molar-refractivity contribution is 7.73. The molecule has 108 valence electrons. The maximum Gasteiger partial charge on any atom is 0.417 e. The Kier molecular flexibility index (Phi) is 4.27. The predicted octanol–water partition coefficient (Wildman–Crippen LogP) is 6.27. The zero-order valence-electron chi connectivity index (χ0n) is 10.6. The van der Waals surface area contributed by atoms with Gasteiger partial charge in [-0.15, -0.1) is 11.3 Å². The second-order valence-electron chi connectivity index (χ2n) is 4.60. The first-order chi connectivity index (χ1) is 9.20. The zero-order valence-corrected chi connectivity index (χ0v) is 13.0. The second-order valence-corrected chi connectivity index (χ2v) is 6.70. The van der Waals surface area contributed by atoms with Crippen LogP contribution in [0.2, 0.25) is 5.02 Å². The molecular weight excluding hydrogens is 327 g/mol. The molecule has 1 heterocycles. The molecule has 1 aromatic carbocycles. The van der Waals surface area contributed by atoms with Crippen LogP contribution < -0.4 is 0 Å². The van der Waals surface area contributed by atoms with Crippen molar-refractivity contribution in [2.75, 3.05) is 0 Å². The lowest BCUT2D eigenvalue weighted by Gasteiger charge is -2.12. The van der Waals surface area contributed by atoms with Gasteiger partial charge in [-0.25, -0.2) is 0 Å². The Morgan fingerprint density at radius 3 is 2.50 bits per heavy atom. The van der Waals surface area contributed by atoms with E-state index in [0.29, 0.717) is 9.52 Å². The van der Waals surface area contributed by atoms with Crippen LogP contribution in [0.25, 0.3) is 10.4 Å². The van der Waals surface area contributed by atoms with Crippen LogP contribution in [0.4, 0.5) is 13.2 Å². The molecule has 20 heavy (non-hydrogen) atoms. The number of alkyl halides is 3. The minimum atomic E-state index is -4.47. The molecule has 0 saturated heterocycles. The summed E-state index contributed by atoms with van der Waals surface area (Å²) in [5.41, 5.74) is 0.490. The number of aromatic nitrogens is 1. The molecule has 0 radical (unpaired) electrons. The Bertz CT molecular complexity index is 686. The smallest absolute Gasteiger partial charge is 0.340 e. The number of hydrogen-bond donors (Lipinski definition) is 1. The minimum absolute atomic E-state index is 0.142. The van der Waals surface area contributed by atoms with Gasteiger partial charge in [-0.2, -0.15) is 13.2 Å². The molecule has 1 aromatic heterocycles. The van der Waals surface area contributed by atoms with Crippen molar-refractivity contribution in [3.63, 3.8) is 0 Å². The molecule has 0 fully saturated rings. The molecule has 0 spiro atoms. The molecule has 1 N–H and O–H groups in total. The highest BCUT2D eigenvalue weighted by Gasteiger charge is 2.33. The van der Waals surface area contributed by atoms with Gasteiger partial charge in [-0.1, -0.05) is 31.5 Å². The summed E-state index contributed by atoms with van der Waals surface area (Å²) in [6.45, 7) is 3.91. The molecular formula is C13H11ClF3NS2. The third-order valence-electron chi connectivity index (χ3n) is 2.79. The summed E-state index contributed by atoms with van der Waals surface area (Å²) in [5.74, 6) is 0.142. The van der Waals surface area contributed by atoms with E-state index in [9.17, 15) is 13.2 Å². The Labute approximate surface area is 128 Å². The molecule has 0 amide bonds. The van der Waals surface area contributed by atoms with Crippen molar-refractivity contribution >= 4 is 35.2 Å². The lowest BCUT2D eigenvalue weighted by Crippen LogP contribution is -2.06. The first-order valence-corrected chi connectivity index (χ1v) is 7.40. The molecule has 0 aliphatic heterocycles. The Morgan fingerprint density at radius 2 is 1.95 bits per heavy atom. The fourth-order valence-corrected chi connectivity index (χ4v) is 3.42. The number of hydrogen-bond acceptors (Lipinski definition) is 2. The standard InChI is InChI=1S/C13H11ClF3NS2/c1-6(2)10-11(20-12(19)18-10)7-3-4-9(14)8(5-7)13(15,16)17/h3-6H,1-2H3,(H,18,19). The summed E-state index contributed by atoms with van der Waals surface area (Å²) >= 11 is 12.0. The average Bonchev–Trinajstić information content (AvgIpc) is 2.70. The van der Waals surface area contributed by atoms with E-state index in [1.165, 1.54) is 17.4 Å². The molecule has 2 aromatic rings. The predicted molar refractivity (Wildman–Crippen MR) is 79.0 cm³/mol. The lowest BCUT2D eigenvalue weighted by atomic mass is 10.0. The van der Waals surface area contributed by atoms with Crippen LogP contribution in [-0.4, -0.2) is 4.98 Å². The number of aromatic amines is 1. The van der Waals surface area contributed by atoms with Crippen molar-refractivity contribution in [2.24, 2.45) is 0 Å². The minimum Gasteiger partial charge on any atom is -0.340 e. The SMILES string of the molecule is CC(C)c1[nH]c(=S)sc1-c1ccc(Cl)c(C(F)(F)F)c1. The summed E-state index contributed by atoms with van der Waals surface area (Å²) in [4.78, 5) is 3.76. The molecule has 0 aliphatic carbocycles. The van der Waals surface area contributed by atoms with Crippen molar-refractivity contribution in [2.45, 2.75) is 25.9 Å². The van der Waals surface area contributed by atoms with Crippen molar-refractivity contribution in [1.82, 2.24) is 4.98 Å². The summed E-state index contributed by atoms with van der Waals surface area (Å²) < 4.78 is 39.2. The first kappa shape index (κ1) is 15.5. The van der Waals surface area contributed by atoms with E-state index in [2.05, 4.69) is 4.98 Å². The van der Waals surface area contributed by atoms with Gasteiger partial charge >= 0.3 is 6.18 Å². The van der Waals surface area contributed by atoms with Crippen molar-refractivity contribution in [3.05, 3.63) is 38.4 Å². The van der Waals surface area contributed by atoms with Gasteiger partial charge in [0.1, 0.15) is 0 Å². The van der Waals surface area contributed by atoms with E-state index in [1.807, 2.05) is 13.8 Å². The third-order valence-corrected chi connectivity index (χ3v) is 4.42. The van der Waals surface area contributed by atoms with Crippen molar-refractivity contribution in [1.29, 1.82) is 0 Å². The van der Waals surface area contributed by atoms with Crippen LogP contribution in [0.3, 0.4) is 0 Å². The number of nitrogens with one attached hydrogen (secondary N) is 1. The lowest BCUT2D eigenvalue weighted by molar-refractivity contribution is -0.137. The van der Waals surface area contributed by atoms with Gasteiger partial charge in [0.25, 0.3) is 0 Å². The van der Waals surface area contributed by atoms with Crippen molar-refractivity contribution < 1.29 is 13.2 Å². The Hall–Kier alpha value is -0.850. The molecule has 0 atom stereocenters. The maximum absolute atomic E-state index is 12.9. The van der Waals surface area contributed by atoms with E-state index in [0.717, 1.165) is 16.6 Å². The largest absolute Gasteiger partial charge is 0.417 e. The van der Waals surface area contributed by atoms with Crippen LogP contribution >= 0.6 is 35.2 Å². The van der Waals surface area contributed by atoms with Crippen LogP contribution in [0, 0.1) is 3.95 Å². The highest BCUT2D eigenvalue weighted by atomic mass is 35.5. The number of benzene rings is 1. The molecule has 1 nitrogen and oxygen atoms in total. The van der Waals surface area contributed by atoms with E-state index in [1.54, 1.807) is 6.07 Å². The molecule has 2 rings (SSSR count). The summed E-state index contributed by atoms with van der Waals surface area (Å²) in [7, 11) is 0. The third kappa shape index (κ3) is 3.07. The Morgan fingerprint density at radius 1 is 1.30 bits per heavy atom. The normalized spacial score (nSPS) is 12.2. The number of H-pyrrole nitrogens is 1. The van der Waals surface area contributed by atoms with E-state index in [4.69, 9.17) is 23.8 Å². The monoisotopic (exact) mass is 337 g/mol. The topological polar surface area (TPSA) is 15.8 Å². The number of halogens is 4. The van der Waals surface area contributed by atoms with Gasteiger partial charge in [0, 0.05) is 5.69 Å². The number of thiazole rings is 1. The fourth-order valence-electron chi connectivity index (χ4n) is 1.84. The van der Waals surface area contributed by atoms with Crippen LogP contribution in [-0.2, 0) is 6.18 Å². The quantitative estimate of drug-likeness (QED) is 0.639. The zero-order chi connectivity index (χ0) is 15.1. The molecule has 0 bridgehead atoms. The van der Waals surface area contributed by atoms with Crippen LogP contribution in [0.5, 0.6) is 0 Å². The maximum atomic E-state index is 12.9. The van der Waals surface area contributed by atoms with Crippen LogP contribution in [0.1, 0.15) is 31.0 Å². The van der Waals surface area contributed by atoms with E-state index >= 15 is 0 Å². The van der Waals surface area contributed by atoms with Crippen molar-refractivity contribution in [3.8, 4) is 10.4 Å². The van der Waals surface area contributed by atoms with Gasteiger partial charge in [-0.3, -0.25) is 0 Å². The van der Waals surface area contributed by atoms with Gasteiger partial charge in [-0.05, 0) is 35.8 Å². The Balaban J connectivity index is 2.63. The van der Waals surface area contributed by atoms with Gasteiger partial charge in [0.15, 0.2) is 3.95 Å². The summed E-state index contributed by atoms with van der Waals surface area (Å²) in [6, 6.07) is 3.92. The summed E-state index contributed by atoms with van der Waals surface area (Å²) in [6.07, 6.45) is -4.47. The van der Waals surface area contributed by atoms with Crippen LogP contribution in [0.15, 0.2) is 18.2 Å². The molecule has 0 saturated carbocycles. The van der Waals surface area contributed by atoms with Gasteiger partial charge < -0.3 is 4.98 Å². The van der Waals surface area contributed by atoms with Gasteiger partial charge in [0.05, 0.1) is 15.5 Å². The van der Waals surface area contributed by atoms with Gasteiger partial charge in [0.2, 0.25) is 0 Å². The first-order valence-electron chi connectivity index (χ1n) is 5.80. The second kappa shape index (κ2) is 5.50.